The van der Waals surface area contributed by atoms with E-state index in [2.05, 4.69) is 37.5 Å². The van der Waals surface area contributed by atoms with Crippen LogP contribution < -0.4 is 0 Å². The molecule has 2 heterocycles. The summed E-state index contributed by atoms with van der Waals surface area (Å²) in [5, 5.41) is 0. The van der Waals surface area contributed by atoms with Gasteiger partial charge in [-0.25, -0.2) is 0 Å². The van der Waals surface area contributed by atoms with Crippen LogP contribution in [0.5, 0.6) is 0 Å². The molecular formula is C15H30N2O. The molecule has 0 radical (unpaired) electrons. The van der Waals surface area contributed by atoms with Crippen LogP contribution in [0.2, 0.25) is 0 Å². The first-order chi connectivity index (χ1) is 8.60. The molecule has 0 aromatic rings. The largest absolute Gasteiger partial charge is 0.373 e. The lowest BCUT2D eigenvalue weighted by Gasteiger charge is -2.44. The SMILES string of the molecule is CC[C@@H](C)N1CCC(N2C[C@@H](C)O[C@@H](C)C2)CC1. The highest BCUT2D eigenvalue weighted by molar-refractivity contribution is 4.85. The third-order valence-corrected chi connectivity index (χ3v) is 4.68. The predicted octanol–water partition coefficient (Wildman–Crippen LogP) is 2.36. The van der Waals surface area contributed by atoms with Crippen molar-refractivity contribution in [3.05, 3.63) is 0 Å². The summed E-state index contributed by atoms with van der Waals surface area (Å²) < 4.78 is 5.83. The maximum atomic E-state index is 5.83. The summed E-state index contributed by atoms with van der Waals surface area (Å²) in [6.07, 6.45) is 4.76. The van der Waals surface area contributed by atoms with Crippen LogP contribution in [-0.4, -0.2) is 60.3 Å². The Balaban J connectivity index is 1.82. The number of morpholine rings is 1. The second-order valence-electron chi connectivity index (χ2n) is 6.24. The minimum Gasteiger partial charge on any atom is -0.373 e. The maximum absolute atomic E-state index is 5.83. The summed E-state index contributed by atoms with van der Waals surface area (Å²) in [4.78, 5) is 5.33. The van der Waals surface area contributed by atoms with Gasteiger partial charge in [0.1, 0.15) is 0 Å². The van der Waals surface area contributed by atoms with E-state index < -0.39 is 0 Å². The van der Waals surface area contributed by atoms with Crippen molar-refractivity contribution in [2.75, 3.05) is 26.2 Å². The molecule has 2 saturated heterocycles. The summed E-state index contributed by atoms with van der Waals surface area (Å²) in [7, 11) is 0. The van der Waals surface area contributed by atoms with Gasteiger partial charge in [-0.05, 0) is 53.1 Å². The fourth-order valence-electron chi connectivity index (χ4n) is 3.47. The normalized spacial score (nSPS) is 34.7. The maximum Gasteiger partial charge on any atom is 0.0678 e. The molecule has 3 heteroatoms. The molecular weight excluding hydrogens is 224 g/mol. The van der Waals surface area contributed by atoms with Gasteiger partial charge < -0.3 is 9.64 Å². The molecule has 0 saturated carbocycles. The topological polar surface area (TPSA) is 15.7 Å². The fourth-order valence-corrected chi connectivity index (χ4v) is 3.47. The standard InChI is InChI=1S/C15H30N2O/c1-5-12(2)16-8-6-15(7-9-16)17-10-13(3)18-14(4)11-17/h12-15H,5-11H2,1-4H3/t12-,13-,14+/m1/s1. The van der Waals surface area contributed by atoms with Crippen LogP contribution in [-0.2, 0) is 4.74 Å². The Kier molecular flexibility index (Phi) is 5.05. The molecule has 0 bridgehead atoms. The van der Waals surface area contributed by atoms with Gasteiger partial charge in [0.25, 0.3) is 0 Å². The first kappa shape index (κ1) is 14.3. The Morgan fingerprint density at radius 3 is 2.17 bits per heavy atom. The van der Waals surface area contributed by atoms with E-state index in [9.17, 15) is 0 Å². The van der Waals surface area contributed by atoms with Gasteiger partial charge in [0, 0.05) is 25.2 Å². The van der Waals surface area contributed by atoms with Crippen LogP contribution in [0.3, 0.4) is 0 Å². The fraction of sp³-hybridized carbons (Fsp3) is 1.00. The van der Waals surface area contributed by atoms with Gasteiger partial charge in [-0.1, -0.05) is 6.92 Å². The second-order valence-corrected chi connectivity index (χ2v) is 6.24. The zero-order valence-corrected chi connectivity index (χ0v) is 12.6. The third-order valence-electron chi connectivity index (χ3n) is 4.68. The molecule has 2 aliphatic heterocycles. The number of ether oxygens (including phenoxy) is 1. The molecule has 0 aliphatic carbocycles. The van der Waals surface area contributed by atoms with Crippen LogP contribution in [0.15, 0.2) is 0 Å². The number of piperidine rings is 1. The molecule has 3 nitrogen and oxygen atoms in total. The third kappa shape index (κ3) is 3.46. The molecule has 2 fully saturated rings. The van der Waals surface area contributed by atoms with E-state index >= 15 is 0 Å². The van der Waals surface area contributed by atoms with E-state index in [1.54, 1.807) is 0 Å². The van der Waals surface area contributed by atoms with Crippen molar-refractivity contribution in [3.8, 4) is 0 Å². The average Bonchev–Trinajstić information content (AvgIpc) is 2.37. The summed E-state index contributed by atoms with van der Waals surface area (Å²) in [6.45, 7) is 13.9. The first-order valence-electron chi connectivity index (χ1n) is 7.73. The Morgan fingerprint density at radius 1 is 1.11 bits per heavy atom. The molecule has 18 heavy (non-hydrogen) atoms. The number of hydrogen-bond donors (Lipinski definition) is 0. The van der Waals surface area contributed by atoms with Crippen LogP contribution >= 0.6 is 0 Å². The van der Waals surface area contributed by atoms with E-state index in [0.29, 0.717) is 12.2 Å². The summed E-state index contributed by atoms with van der Waals surface area (Å²) >= 11 is 0. The number of nitrogens with zero attached hydrogens (tertiary/aromatic N) is 2. The quantitative estimate of drug-likeness (QED) is 0.769. The molecule has 2 rings (SSSR count). The Hall–Kier alpha value is -0.120. The lowest BCUT2D eigenvalue weighted by molar-refractivity contribution is -0.0872. The summed E-state index contributed by atoms with van der Waals surface area (Å²) in [6, 6.07) is 1.55. The van der Waals surface area contributed by atoms with Crippen molar-refractivity contribution in [3.63, 3.8) is 0 Å². The van der Waals surface area contributed by atoms with Gasteiger partial charge in [-0.3, -0.25) is 4.90 Å². The van der Waals surface area contributed by atoms with Crippen molar-refractivity contribution in [1.82, 2.24) is 9.80 Å². The Morgan fingerprint density at radius 2 is 1.67 bits per heavy atom. The van der Waals surface area contributed by atoms with E-state index in [1.165, 1.54) is 32.4 Å². The monoisotopic (exact) mass is 254 g/mol. The molecule has 0 aromatic heterocycles. The van der Waals surface area contributed by atoms with Gasteiger partial charge in [0.05, 0.1) is 12.2 Å². The number of hydrogen-bond acceptors (Lipinski definition) is 3. The smallest absolute Gasteiger partial charge is 0.0678 e. The average molecular weight is 254 g/mol. The van der Waals surface area contributed by atoms with E-state index in [0.717, 1.165) is 25.2 Å². The van der Waals surface area contributed by atoms with Crippen LogP contribution in [0.25, 0.3) is 0 Å². The molecule has 0 amide bonds. The first-order valence-corrected chi connectivity index (χ1v) is 7.73. The van der Waals surface area contributed by atoms with Crippen LogP contribution in [0, 0.1) is 0 Å². The van der Waals surface area contributed by atoms with Gasteiger partial charge in [0.2, 0.25) is 0 Å². The van der Waals surface area contributed by atoms with Crippen molar-refractivity contribution in [2.24, 2.45) is 0 Å². The van der Waals surface area contributed by atoms with E-state index in [-0.39, 0.29) is 0 Å². The minimum atomic E-state index is 0.404. The lowest BCUT2D eigenvalue weighted by Crippen LogP contribution is -2.54. The van der Waals surface area contributed by atoms with Crippen molar-refractivity contribution in [2.45, 2.75) is 71.2 Å². The van der Waals surface area contributed by atoms with Crippen molar-refractivity contribution in [1.29, 1.82) is 0 Å². The molecule has 106 valence electrons. The van der Waals surface area contributed by atoms with Gasteiger partial charge in [-0.15, -0.1) is 0 Å². The number of rotatable bonds is 3. The Labute approximate surface area is 112 Å². The molecule has 2 aliphatic rings. The highest BCUT2D eigenvalue weighted by Gasteiger charge is 2.30. The molecule has 0 N–H and O–H groups in total. The minimum absolute atomic E-state index is 0.404. The zero-order valence-electron chi connectivity index (χ0n) is 12.6. The summed E-state index contributed by atoms with van der Waals surface area (Å²) in [5.74, 6) is 0. The van der Waals surface area contributed by atoms with Gasteiger partial charge in [-0.2, -0.15) is 0 Å². The van der Waals surface area contributed by atoms with Crippen LogP contribution in [0.1, 0.15) is 47.0 Å². The van der Waals surface area contributed by atoms with E-state index in [1.807, 2.05) is 0 Å². The molecule has 0 aromatic carbocycles. The number of likely N-dealkylation sites (tertiary alicyclic amines) is 1. The van der Waals surface area contributed by atoms with Crippen molar-refractivity contribution < 1.29 is 4.74 Å². The van der Waals surface area contributed by atoms with Crippen molar-refractivity contribution >= 4 is 0 Å². The second kappa shape index (κ2) is 6.36. The van der Waals surface area contributed by atoms with Gasteiger partial charge >= 0.3 is 0 Å². The highest BCUT2D eigenvalue weighted by atomic mass is 16.5. The lowest BCUT2D eigenvalue weighted by atomic mass is 9.99. The summed E-state index contributed by atoms with van der Waals surface area (Å²) in [5.41, 5.74) is 0. The molecule has 0 spiro atoms. The predicted molar refractivity (Wildman–Crippen MR) is 75.9 cm³/mol. The Bertz CT molecular complexity index is 241. The highest BCUT2D eigenvalue weighted by Crippen LogP contribution is 2.22. The van der Waals surface area contributed by atoms with Gasteiger partial charge in [0.15, 0.2) is 0 Å². The zero-order chi connectivity index (χ0) is 13.1. The molecule has 0 unspecified atom stereocenters. The molecule has 3 atom stereocenters. The van der Waals surface area contributed by atoms with E-state index in [4.69, 9.17) is 4.74 Å². The van der Waals surface area contributed by atoms with Crippen LogP contribution in [0.4, 0.5) is 0 Å².